The molecule has 1 aliphatic heterocycles. The van der Waals surface area contributed by atoms with Gasteiger partial charge in [0, 0.05) is 36.2 Å². The molecule has 2 unspecified atom stereocenters. The molecule has 1 aromatic rings. The zero-order valence-electron chi connectivity index (χ0n) is 13.4. The highest BCUT2D eigenvalue weighted by molar-refractivity contribution is 9.10. The van der Waals surface area contributed by atoms with E-state index >= 15 is 0 Å². The molecule has 1 N–H and O–H groups in total. The van der Waals surface area contributed by atoms with E-state index in [1.807, 2.05) is 6.07 Å². The van der Waals surface area contributed by atoms with Crippen LogP contribution < -0.4 is 5.32 Å². The zero-order chi connectivity index (χ0) is 15.6. The molecule has 1 heterocycles. The van der Waals surface area contributed by atoms with E-state index in [4.69, 9.17) is 0 Å². The van der Waals surface area contributed by atoms with Crippen LogP contribution in [0.4, 0.5) is 4.39 Å². The Hall–Kier alpha value is -0.450. The third-order valence-electron chi connectivity index (χ3n) is 4.45. The summed E-state index contributed by atoms with van der Waals surface area (Å²) in [6, 6.07) is 6.05. The van der Waals surface area contributed by atoms with Gasteiger partial charge in [-0.25, -0.2) is 4.39 Å². The van der Waals surface area contributed by atoms with E-state index in [1.165, 1.54) is 0 Å². The van der Waals surface area contributed by atoms with Crippen molar-refractivity contribution in [1.29, 1.82) is 0 Å². The van der Waals surface area contributed by atoms with Gasteiger partial charge < -0.3 is 5.32 Å². The highest BCUT2D eigenvalue weighted by Gasteiger charge is 2.31. The monoisotopic (exact) mass is 356 g/mol. The first-order chi connectivity index (χ1) is 9.88. The van der Waals surface area contributed by atoms with Crippen molar-refractivity contribution in [3.05, 3.63) is 34.1 Å². The summed E-state index contributed by atoms with van der Waals surface area (Å²) < 4.78 is 14.1. The van der Waals surface area contributed by atoms with Gasteiger partial charge in [-0.15, -0.1) is 0 Å². The predicted octanol–water partition coefficient (Wildman–Crippen LogP) is 4.04. The Morgan fingerprint density at radius 2 is 2.00 bits per heavy atom. The Bertz CT molecular complexity index is 476. The quantitative estimate of drug-likeness (QED) is 0.875. The zero-order valence-corrected chi connectivity index (χ0v) is 15.0. The van der Waals surface area contributed by atoms with Crippen LogP contribution >= 0.6 is 15.9 Å². The molecule has 0 radical (unpaired) electrons. The van der Waals surface area contributed by atoms with Crippen LogP contribution in [-0.4, -0.2) is 30.1 Å². The largest absolute Gasteiger partial charge is 0.311 e. The lowest BCUT2D eigenvalue weighted by molar-refractivity contribution is 0.0781. The van der Waals surface area contributed by atoms with Crippen LogP contribution in [-0.2, 0) is 6.54 Å². The lowest BCUT2D eigenvalue weighted by Crippen LogP contribution is -2.59. The Labute approximate surface area is 136 Å². The van der Waals surface area contributed by atoms with Gasteiger partial charge >= 0.3 is 0 Å². The summed E-state index contributed by atoms with van der Waals surface area (Å²) in [7, 11) is 0. The molecule has 1 aliphatic rings. The van der Waals surface area contributed by atoms with E-state index in [-0.39, 0.29) is 5.82 Å². The minimum absolute atomic E-state index is 0.189. The van der Waals surface area contributed by atoms with Crippen molar-refractivity contribution in [2.24, 2.45) is 11.8 Å². The summed E-state index contributed by atoms with van der Waals surface area (Å²) >= 11 is 3.49. The fourth-order valence-electron chi connectivity index (χ4n) is 3.01. The van der Waals surface area contributed by atoms with Gasteiger partial charge in [0.1, 0.15) is 5.82 Å². The van der Waals surface area contributed by atoms with E-state index in [2.05, 4.69) is 53.8 Å². The first-order valence-corrected chi connectivity index (χ1v) is 8.59. The lowest BCUT2D eigenvalue weighted by atomic mass is 9.94. The Kier molecular flexibility index (Phi) is 5.81. The average Bonchev–Trinajstić information content (AvgIpc) is 2.41. The number of halogens is 2. The minimum Gasteiger partial charge on any atom is -0.311 e. The van der Waals surface area contributed by atoms with Crippen LogP contribution in [0, 0.1) is 17.7 Å². The third-order valence-corrected chi connectivity index (χ3v) is 5.19. The summed E-state index contributed by atoms with van der Waals surface area (Å²) in [6.45, 7) is 12.0. The van der Waals surface area contributed by atoms with E-state index in [0.717, 1.165) is 29.7 Å². The number of benzene rings is 1. The summed E-state index contributed by atoms with van der Waals surface area (Å²) in [5, 5.41) is 3.68. The standard InChI is InChI=1S/C17H26BrFN2/c1-11(2)16-10-21(17(8-20-16)12(3)4)9-13-5-6-14(19)7-15(13)18/h5-7,11-12,16-17,20H,8-10H2,1-4H3. The van der Waals surface area contributed by atoms with Crippen molar-refractivity contribution in [2.45, 2.75) is 46.3 Å². The normalized spacial score (nSPS) is 24.0. The number of nitrogens with one attached hydrogen (secondary N) is 1. The van der Waals surface area contributed by atoms with E-state index in [9.17, 15) is 4.39 Å². The predicted molar refractivity (Wildman–Crippen MR) is 89.8 cm³/mol. The van der Waals surface area contributed by atoms with E-state index in [1.54, 1.807) is 12.1 Å². The SMILES string of the molecule is CC(C)C1CN(Cc2ccc(F)cc2Br)C(C(C)C)CN1. The Morgan fingerprint density at radius 1 is 1.29 bits per heavy atom. The first-order valence-electron chi connectivity index (χ1n) is 7.79. The molecular weight excluding hydrogens is 331 g/mol. The maximum absolute atomic E-state index is 13.2. The highest BCUT2D eigenvalue weighted by atomic mass is 79.9. The molecule has 2 atom stereocenters. The van der Waals surface area contributed by atoms with Gasteiger partial charge in [-0.1, -0.05) is 49.7 Å². The van der Waals surface area contributed by atoms with Crippen LogP contribution in [0.25, 0.3) is 0 Å². The van der Waals surface area contributed by atoms with E-state index in [0.29, 0.717) is 23.9 Å². The summed E-state index contributed by atoms with van der Waals surface area (Å²) in [4.78, 5) is 2.55. The van der Waals surface area contributed by atoms with Crippen molar-refractivity contribution in [3.8, 4) is 0 Å². The molecule has 0 aliphatic carbocycles. The summed E-state index contributed by atoms with van der Waals surface area (Å²) in [5.74, 6) is 1.04. The van der Waals surface area contributed by atoms with Crippen molar-refractivity contribution in [3.63, 3.8) is 0 Å². The molecule has 0 bridgehead atoms. The van der Waals surface area contributed by atoms with Crippen LogP contribution in [0.1, 0.15) is 33.3 Å². The molecule has 118 valence electrons. The van der Waals surface area contributed by atoms with Gasteiger partial charge in [0.15, 0.2) is 0 Å². The van der Waals surface area contributed by atoms with Crippen molar-refractivity contribution in [1.82, 2.24) is 10.2 Å². The second-order valence-corrected chi connectivity index (χ2v) is 7.59. The molecule has 1 fully saturated rings. The number of rotatable bonds is 4. The number of piperazine rings is 1. The highest BCUT2D eigenvalue weighted by Crippen LogP contribution is 2.24. The van der Waals surface area contributed by atoms with Gasteiger partial charge in [0.2, 0.25) is 0 Å². The van der Waals surface area contributed by atoms with Gasteiger partial charge in [0.05, 0.1) is 0 Å². The smallest absolute Gasteiger partial charge is 0.124 e. The van der Waals surface area contributed by atoms with E-state index < -0.39 is 0 Å². The molecule has 0 saturated carbocycles. The van der Waals surface area contributed by atoms with Crippen molar-refractivity contribution >= 4 is 15.9 Å². The van der Waals surface area contributed by atoms with Gasteiger partial charge in [-0.2, -0.15) is 0 Å². The first kappa shape index (κ1) is 16.9. The molecule has 0 amide bonds. The second-order valence-electron chi connectivity index (χ2n) is 6.74. The van der Waals surface area contributed by atoms with Crippen LogP contribution in [0.15, 0.2) is 22.7 Å². The molecule has 1 aromatic carbocycles. The fraction of sp³-hybridized carbons (Fsp3) is 0.647. The summed E-state index contributed by atoms with van der Waals surface area (Å²) in [6.07, 6.45) is 0. The molecular formula is C17H26BrFN2. The van der Waals surface area contributed by atoms with Crippen LogP contribution in [0.5, 0.6) is 0 Å². The topological polar surface area (TPSA) is 15.3 Å². The Morgan fingerprint density at radius 3 is 2.57 bits per heavy atom. The fourth-order valence-corrected chi connectivity index (χ4v) is 3.48. The van der Waals surface area contributed by atoms with Crippen molar-refractivity contribution in [2.75, 3.05) is 13.1 Å². The average molecular weight is 357 g/mol. The van der Waals surface area contributed by atoms with Gasteiger partial charge in [0.25, 0.3) is 0 Å². The summed E-state index contributed by atoms with van der Waals surface area (Å²) in [5.41, 5.74) is 1.16. The van der Waals surface area contributed by atoms with Crippen LogP contribution in [0.2, 0.25) is 0 Å². The second kappa shape index (κ2) is 7.21. The molecule has 4 heteroatoms. The number of nitrogens with zero attached hydrogens (tertiary/aromatic N) is 1. The van der Waals surface area contributed by atoms with Gasteiger partial charge in [-0.3, -0.25) is 4.90 Å². The maximum atomic E-state index is 13.2. The Balaban J connectivity index is 2.15. The molecule has 0 spiro atoms. The number of hydrogen-bond donors (Lipinski definition) is 1. The molecule has 1 saturated heterocycles. The number of hydrogen-bond acceptors (Lipinski definition) is 2. The molecule has 0 aromatic heterocycles. The molecule has 2 rings (SSSR count). The minimum atomic E-state index is -0.189. The van der Waals surface area contributed by atoms with Crippen LogP contribution in [0.3, 0.4) is 0 Å². The maximum Gasteiger partial charge on any atom is 0.124 e. The van der Waals surface area contributed by atoms with Crippen molar-refractivity contribution < 1.29 is 4.39 Å². The van der Waals surface area contributed by atoms with Gasteiger partial charge in [-0.05, 0) is 29.5 Å². The third kappa shape index (κ3) is 4.27. The molecule has 21 heavy (non-hydrogen) atoms. The lowest BCUT2D eigenvalue weighted by Gasteiger charge is -2.44. The molecule has 2 nitrogen and oxygen atoms in total.